The maximum atomic E-state index is 10.9. The van der Waals surface area contributed by atoms with E-state index in [0.29, 0.717) is 12.3 Å². The lowest BCUT2D eigenvalue weighted by Gasteiger charge is -2.12. The minimum absolute atomic E-state index is 0.283. The van der Waals surface area contributed by atoms with Gasteiger partial charge in [-0.1, -0.05) is 33.8 Å². The SMILES string of the molecule is CC.CC(=O)CCCCc1cc(OCC(C)C)ccc1C. The second-order valence-corrected chi connectivity index (χ2v) is 5.70. The molecule has 1 aromatic carbocycles. The Labute approximate surface area is 130 Å². The topological polar surface area (TPSA) is 26.3 Å². The fourth-order valence-corrected chi connectivity index (χ4v) is 1.96. The second kappa shape index (κ2) is 11.4. The van der Waals surface area contributed by atoms with Crippen molar-refractivity contribution in [3.05, 3.63) is 29.3 Å². The van der Waals surface area contributed by atoms with Crippen LogP contribution in [0.3, 0.4) is 0 Å². The first-order chi connectivity index (χ1) is 9.99. The minimum atomic E-state index is 0.283. The Morgan fingerprint density at radius 3 is 2.43 bits per heavy atom. The molecule has 120 valence electrons. The number of carbonyl (C=O) groups excluding carboxylic acids is 1. The highest BCUT2D eigenvalue weighted by atomic mass is 16.5. The molecule has 0 aromatic heterocycles. The summed E-state index contributed by atoms with van der Waals surface area (Å²) in [5.74, 6) is 1.78. The van der Waals surface area contributed by atoms with Gasteiger partial charge < -0.3 is 9.53 Å². The molecule has 0 N–H and O–H groups in total. The summed E-state index contributed by atoms with van der Waals surface area (Å²) < 4.78 is 5.75. The van der Waals surface area contributed by atoms with Gasteiger partial charge in [0.2, 0.25) is 0 Å². The summed E-state index contributed by atoms with van der Waals surface area (Å²) in [6.45, 7) is 12.8. The van der Waals surface area contributed by atoms with E-state index in [1.165, 1.54) is 11.1 Å². The maximum Gasteiger partial charge on any atom is 0.129 e. The third kappa shape index (κ3) is 9.28. The number of unbranched alkanes of at least 4 members (excludes halogenated alkanes) is 1. The van der Waals surface area contributed by atoms with Crippen molar-refractivity contribution < 1.29 is 9.53 Å². The second-order valence-electron chi connectivity index (χ2n) is 5.70. The molecule has 0 saturated carbocycles. The number of Topliss-reactive ketones (excluding diaryl/α,β-unsaturated/α-hetero) is 1. The van der Waals surface area contributed by atoms with Gasteiger partial charge in [-0.05, 0) is 62.3 Å². The molecule has 0 bridgehead atoms. The maximum absolute atomic E-state index is 10.9. The average Bonchev–Trinajstić information content (AvgIpc) is 2.45. The van der Waals surface area contributed by atoms with Crippen LogP contribution in [-0.4, -0.2) is 12.4 Å². The molecule has 0 fully saturated rings. The van der Waals surface area contributed by atoms with Crippen molar-refractivity contribution in [1.82, 2.24) is 0 Å². The van der Waals surface area contributed by atoms with Crippen LogP contribution in [0.4, 0.5) is 0 Å². The largest absolute Gasteiger partial charge is 0.493 e. The molecule has 1 aromatic rings. The van der Waals surface area contributed by atoms with E-state index in [-0.39, 0.29) is 5.78 Å². The monoisotopic (exact) mass is 292 g/mol. The molecule has 0 aliphatic heterocycles. The molecule has 0 unspecified atom stereocenters. The van der Waals surface area contributed by atoms with Crippen LogP contribution in [0.15, 0.2) is 18.2 Å². The fourth-order valence-electron chi connectivity index (χ4n) is 1.96. The van der Waals surface area contributed by atoms with E-state index in [1.54, 1.807) is 6.92 Å². The van der Waals surface area contributed by atoms with E-state index in [1.807, 2.05) is 19.9 Å². The predicted octanol–water partition coefficient (Wildman–Crippen LogP) is 5.36. The molecule has 21 heavy (non-hydrogen) atoms. The minimum Gasteiger partial charge on any atom is -0.493 e. The van der Waals surface area contributed by atoms with Gasteiger partial charge in [-0.15, -0.1) is 0 Å². The molecule has 0 saturated heterocycles. The van der Waals surface area contributed by atoms with Crippen LogP contribution in [0.2, 0.25) is 0 Å². The van der Waals surface area contributed by atoms with Gasteiger partial charge in [0.15, 0.2) is 0 Å². The summed E-state index contributed by atoms with van der Waals surface area (Å²) in [6, 6.07) is 6.30. The lowest BCUT2D eigenvalue weighted by atomic mass is 10.0. The number of rotatable bonds is 8. The Hall–Kier alpha value is -1.31. The van der Waals surface area contributed by atoms with Gasteiger partial charge in [0, 0.05) is 6.42 Å². The van der Waals surface area contributed by atoms with Crippen molar-refractivity contribution in [2.45, 2.75) is 67.2 Å². The number of carbonyl (C=O) groups is 1. The highest BCUT2D eigenvalue weighted by molar-refractivity contribution is 5.75. The average molecular weight is 292 g/mol. The normalized spacial score (nSPS) is 10.0. The van der Waals surface area contributed by atoms with Crippen molar-refractivity contribution >= 4 is 5.78 Å². The van der Waals surface area contributed by atoms with Crippen LogP contribution in [0, 0.1) is 12.8 Å². The number of ether oxygens (including phenoxy) is 1. The first kappa shape index (κ1) is 19.7. The van der Waals surface area contributed by atoms with E-state index >= 15 is 0 Å². The van der Waals surface area contributed by atoms with Gasteiger partial charge in [-0.2, -0.15) is 0 Å². The van der Waals surface area contributed by atoms with E-state index in [0.717, 1.165) is 31.6 Å². The summed E-state index contributed by atoms with van der Waals surface area (Å²) in [5.41, 5.74) is 2.64. The first-order valence-corrected chi connectivity index (χ1v) is 8.21. The third-order valence-electron chi connectivity index (χ3n) is 3.13. The van der Waals surface area contributed by atoms with E-state index in [4.69, 9.17) is 4.74 Å². The number of benzene rings is 1. The van der Waals surface area contributed by atoms with Gasteiger partial charge in [0.05, 0.1) is 6.61 Å². The van der Waals surface area contributed by atoms with Crippen molar-refractivity contribution in [2.24, 2.45) is 5.92 Å². The Morgan fingerprint density at radius 1 is 1.19 bits per heavy atom. The van der Waals surface area contributed by atoms with Crippen LogP contribution in [0.25, 0.3) is 0 Å². The standard InChI is InChI=1S/C17H26O2.C2H6/c1-13(2)12-19-17-10-9-14(3)16(11-17)8-6-5-7-15(4)18;1-2/h9-11,13H,5-8,12H2,1-4H3;1-2H3. The molecule has 1 rings (SSSR count). The molecule has 0 radical (unpaired) electrons. The molecule has 0 heterocycles. The Kier molecular flexibility index (Phi) is 10.7. The van der Waals surface area contributed by atoms with Crippen molar-refractivity contribution in [1.29, 1.82) is 0 Å². The summed E-state index contributed by atoms with van der Waals surface area (Å²) in [4.78, 5) is 10.9. The molecule has 0 atom stereocenters. The van der Waals surface area contributed by atoms with Gasteiger partial charge in [-0.3, -0.25) is 0 Å². The highest BCUT2D eigenvalue weighted by Crippen LogP contribution is 2.20. The van der Waals surface area contributed by atoms with Gasteiger partial charge in [0.25, 0.3) is 0 Å². The summed E-state index contributed by atoms with van der Waals surface area (Å²) >= 11 is 0. The van der Waals surface area contributed by atoms with Crippen LogP contribution >= 0.6 is 0 Å². The lowest BCUT2D eigenvalue weighted by molar-refractivity contribution is -0.117. The van der Waals surface area contributed by atoms with Crippen LogP contribution in [0.5, 0.6) is 5.75 Å². The molecule has 2 nitrogen and oxygen atoms in total. The molecule has 0 aliphatic carbocycles. The van der Waals surface area contributed by atoms with Gasteiger partial charge in [-0.25, -0.2) is 0 Å². The van der Waals surface area contributed by atoms with Crippen LogP contribution in [0.1, 0.15) is 65.0 Å². The number of ketones is 1. The summed E-state index contributed by atoms with van der Waals surface area (Å²) in [5, 5.41) is 0. The summed E-state index contributed by atoms with van der Waals surface area (Å²) in [7, 11) is 0. The first-order valence-electron chi connectivity index (χ1n) is 8.21. The molecule has 0 spiro atoms. The van der Waals surface area contributed by atoms with Gasteiger partial charge >= 0.3 is 0 Å². The zero-order valence-corrected chi connectivity index (χ0v) is 14.7. The van der Waals surface area contributed by atoms with Crippen molar-refractivity contribution in [3.63, 3.8) is 0 Å². The molecular weight excluding hydrogens is 260 g/mol. The smallest absolute Gasteiger partial charge is 0.129 e. The molecule has 2 heteroatoms. The predicted molar refractivity (Wildman–Crippen MR) is 91.1 cm³/mol. The van der Waals surface area contributed by atoms with Gasteiger partial charge in [0.1, 0.15) is 11.5 Å². The van der Waals surface area contributed by atoms with Crippen LogP contribution < -0.4 is 4.74 Å². The zero-order chi connectivity index (χ0) is 16.3. The third-order valence-corrected chi connectivity index (χ3v) is 3.13. The highest BCUT2D eigenvalue weighted by Gasteiger charge is 2.03. The van der Waals surface area contributed by atoms with E-state index in [2.05, 4.69) is 32.9 Å². The van der Waals surface area contributed by atoms with Crippen LogP contribution in [-0.2, 0) is 11.2 Å². The van der Waals surface area contributed by atoms with Crippen molar-refractivity contribution in [2.75, 3.05) is 6.61 Å². The Bertz CT molecular complexity index is 408. The number of aryl methyl sites for hydroxylation is 2. The van der Waals surface area contributed by atoms with E-state index in [9.17, 15) is 4.79 Å². The Morgan fingerprint density at radius 2 is 1.86 bits per heavy atom. The quantitative estimate of drug-likeness (QED) is 0.603. The Balaban J connectivity index is 0.00000191. The molecule has 0 amide bonds. The zero-order valence-electron chi connectivity index (χ0n) is 14.7. The lowest BCUT2D eigenvalue weighted by Crippen LogP contribution is -2.05. The molecular formula is C19H32O2. The van der Waals surface area contributed by atoms with Crippen molar-refractivity contribution in [3.8, 4) is 5.75 Å². The summed E-state index contributed by atoms with van der Waals surface area (Å²) in [6.07, 6.45) is 3.76. The molecule has 0 aliphatic rings. The van der Waals surface area contributed by atoms with E-state index < -0.39 is 0 Å². The fraction of sp³-hybridized carbons (Fsp3) is 0.632. The number of hydrogen-bond donors (Lipinski definition) is 0. The number of hydrogen-bond acceptors (Lipinski definition) is 2.